The van der Waals surface area contributed by atoms with Crippen LogP contribution in [-0.2, 0) is 6.54 Å². The Hall–Kier alpha value is -2.50. The minimum atomic E-state index is -0.0658. The van der Waals surface area contributed by atoms with Crippen molar-refractivity contribution in [2.45, 2.75) is 25.3 Å². The van der Waals surface area contributed by atoms with Gasteiger partial charge in [-0.2, -0.15) is 5.10 Å². The van der Waals surface area contributed by atoms with Gasteiger partial charge in [0, 0.05) is 37.2 Å². The SMILES string of the molecule is O=C(c1ccccn1)N1CC(Cn2nc(C3CC3)ccc2=O)C1. The Labute approximate surface area is 133 Å². The van der Waals surface area contributed by atoms with Crippen LogP contribution in [0.3, 0.4) is 0 Å². The van der Waals surface area contributed by atoms with E-state index in [1.807, 2.05) is 12.1 Å². The van der Waals surface area contributed by atoms with Gasteiger partial charge in [-0.05, 0) is 31.0 Å². The van der Waals surface area contributed by atoms with Crippen molar-refractivity contribution in [1.82, 2.24) is 19.7 Å². The maximum absolute atomic E-state index is 12.2. The molecule has 0 radical (unpaired) electrons. The normalized spacial score (nSPS) is 17.8. The van der Waals surface area contributed by atoms with Crippen LogP contribution in [0, 0.1) is 5.92 Å². The van der Waals surface area contributed by atoms with Gasteiger partial charge in [0.05, 0.1) is 12.2 Å². The molecule has 2 aliphatic rings. The number of hydrogen-bond acceptors (Lipinski definition) is 4. The van der Waals surface area contributed by atoms with Crippen LogP contribution in [0.1, 0.15) is 34.9 Å². The quantitative estimate of drug-likeness (QED) is 0.853. The topological polar surface area (TPSA) is 68.1 Å². The summed E-state index contributed by atoms with van der Waals surface area (Å²) in [5.41, 5.74) is 1.42. The molecule has 0 atom stereocenters. The first-order chi connectivity index (χ1) is 11.2. The van der Waals surface area contributed by atoms with E-state index < -0.39 is 0 Å². The first-order valence-electron chi connectivity index (χ1n) is 7.99. The van der Waals surface area contributed by atoms with Crippen molar-refractivity contribution in [2.75, 3.05) is 13.1 Å². The lowest BCUT2D eigenvalue weighted by Crippen LogP contribution is -2.52. The minimum absolute atomic E-state index is 0.0473. The first kappa shape index (κ1) is 14.1. The van der Waals surface area contributed by atoms with Crippen LogP contribution in [0.4, 0.5) is 0 Å². The van der Waals surface area contributed by atoms with Gasteiger partial charge in [-0.15, -0.1) is 0 Å². The molecule has 0 bridgehead atoms. The molecule has 0 spiro atoms. The summed E-state index contributed by atoms with van der Waals surface area (Å²) < 4.78 is 1.56. The van der Waals surface area contributed by atoms with E-state index in [1.165, 1.54) is 12.8 Å². The highest BCUT2D eigenvalue weighted by atomic mass is 16.2. The van der Waals surface area contributed by atoms with Crippen molar-refractivity contribution in [1.29, 1.82) is 0 Å². The number of rotatable bonds is 4. The number of carbonyl (C=O) groups is 1. The second kappa shape index (κ2) is 5.61. The summed E-state index contributed by atoms with van der Waals surface area (Å²) in [5, 5.41) is 4.47. The van der Waals surface area contributed by atoms with E-state index in [0.29, 0.717) is 31.2 Å². The molecule has 4 rings (SSSR count). The molecular weight excluding hydrogens is 292 g/mol. The maximum atomic E-state index is 12.2. The summed E-state index contributed by atoms with van der Waals surface area (Å²) in [6.45, 7) is 1.87. The minimum Gasteiger partial charge on any atom is -0.336 e. The zero-order chi connectivity index (χ0) is 15.8. The molecule has 2 fully saturated rings. The van der Waals surface area contributed by atoms with E-state index in [2.05, 4.69) is 10.1 Å². The van der Waals surface area contributed by atoms with E-state index in [1.54, 1.807) is 34.0 Å². The fourth-order valence-corrected chi connectivity index (χ4v) is 2.94. The molecule has 1 aliphatic heterocycles. The number of nitrogens with zero attached hydrogens (tertiary/aromatic N) is 4. The van der Waals surface area contributed by atoms with Crippen molar-refractivity contribution in [3.05, 3.63) is 58.3 Å². The Morgan fingerprint density at radius 1 is 1.17 bits per heavy atom. The van der Waals surface area contributed by atoms with Crippen LogP contribution in [0.25, 0.3) is 0 Å². The Bertz CT molecular complexity index is 777. The molecule has 0 aromatic carbocycles. The van der Waals surface area contributed by atoms with Crippen LogP contribution in [0.15, 0.2) is 41.3 Å². The molecular formula is C17H18N4O2. The molecule has 1 amide bonds. The third-order valence-electron chi connectivity index (χ3n) is 4.44. The van der Waals surface area contributed by atoms with E-state index in [0.717, 1.165) is 5.69 Å². The van der Waals surface area contributed by atoms with Gasteiger partial charge >= 0.3 is 0 Å². The highest BCUT2D eigenvalue weighted by Gasteiger charge is 2.32. The fourth-order valence-electron chi connectivity index (χ4n) is 2.94. The summed E-state index contributed by atoms with van der Waals surface area (Å²) in [4.78, 5) is 30.0. The average Bonchev–Trinajstić information content (AvgIpc) is 3.37. The van der Waals surface area contributed by atoms with Crippen LogP contribution < -0.4 is 5.56 Å². The molecule has 23 heavy (non-hydrogen) atoms. The van der Waals surface area contributed by atoms with E-state index in [9.17, 15) is 9.59 Å². The molecule has 1 saturated heterocycles. The number of hydrogen-bond donors (Lipinski definition) is 0. The third kappa shape index (κ3) is 2.88. The third-order valence-corrected chi connectivity index (χ3v) is 4.44. The van der Waals surface area contributed by atoms with E-state index in [-0.39, 0.29) is 17.4 Å². The Morgan fingerprint density at radius 3 is 2.70 bits per heavy atom. The van der Waals surface area contributed by atoms with Crippen molar-refractivity contribution >= 4 is 5.91 Å². The number of aromatic nitrogens is 3. The summed E-state index contributed by atoms with van der Waals surface area (Å²) in [7, 11) is 0. The second-order valence-electron chi connectivity index (χ2n) is 6.34. The van der Waals surface area contributed by atoms with E-state index in [4.69, 9.17) is 0 Å². The smallest absolute Gasteiger partial charge is 0.272 e. The molecule has 6 heteroatoms. The molecule has 1 saturated carbocycles. The van der Waals surface area contributed by atoms with Crippen molar-refractivity contribution in [3.63, 3.8) is 0 Å². The number of carbonyl (C=O) groups excluding carboxylic acids is 1. The summed E-state index contributed by atoms with van der Waals surface area (Å²) in [5.74, 6) is 0.765. The molecule has 3 heterocycles. The lowest BCUT2D eigenvalue weighted by molar-refractivity contribution is 0.0452. The number of pyridine rings is 1. The summed E-state index contributed by atoms with van der Waals surface area (Å²) >= 11 is 0. The molecule has 1 aliphatic carbocycles. The Morgan fingerprint density at radius 2 is 2.00 bits per heavy atom. The van der Waals surface area contributed by atoms with Crippen LogP contribution in [0.2, 0.25) is 0 Å². The predicted molar refractivity (Wildman–Crippen MR) is 84.1 cm³/mol. The zero-order valence-electron chi connectivity index (χ0n) is 12.8. The molecule has 2 aromatic rings. The van der Waals surface area contributed by atoms with Crippen LogP contribution in [0.5, 0.6) is 0 Å². The molecule has 0 N–H and O–H groups in total. The first-order valence-corrected chi connectivity index (χ1v) is 7.99. The molecule has 0 unspecified atom stereocenters. The summed E-state index contributed by atoms with van der Waals surface area (Å²) in [6.07, 6.45) is 3.96. The van der Waals surface area contributed by atoms with Gasteiger partial charge < -0.3 is 4.90 Å². The van der Waals surface area contributed by atoms with Gasteiger partial charge in [-0.1, -0.05) is 6.07 Å². The van der Waals surface area contributed by atoms with Gasteiger partial charge in [-0.25, -0.2) is 4.68 Å². The average molecular weight is 310 g/mol. The highest BCUT2D eigenvalue weighted by Crippen LogP contribution is 2.38. The van der Waals surface area contributed by atoms with Gasteiger partial charge in [0.15, 0.2) is 0 Å². The number of amides is 1. The van der Waals surface area contributed by atoms with Gasteiger partial charge in [-0.3, -0.25) is 14.6 Å². The molecule has 118 valence electrons. The van der Waals surface area contributed by atoms with Gasteiger partial charge in [0.1, 0.15) is 5.69 Å². The van der Waals surface area contributed by atoms with Gasteiger partial charge in [0.2, 0.25) is 0 Å². The zero-order valence-corrected chi connectivity index (χ0v) is 12.8. The Balaban J connectivity index is 1.38. The second-order valence-corrected chi connectivity index (χ2v) is 6.34. The monoisotopic (exact) mass is 310 g/mol. The Kier molecular flexibility index (Phi) is 3.44. The standard InChI is InChI=1S/C17H18N4O2/c22-16-7-6-14(13-4-5-13)19-21(16)11-12-9-20(10-12)17(23)15-3-1-2-8-18-15/h1-3,6-8,12-13H,4-5,9-11H2. The molecule has 2 aromatic heterocycles. The predicted octanol–water partition coefficient (Wildman–Crippen LogP) is 1.29. The van der Waals surface area contributed by atoms with Crippen LogP contribution in [-0.4, -0.2) is 38.7 Å². The lowest BCUT2D eigenvalue weighted by Gasteiger charge is -2.39. The lowest BCUT2D eigenvalue weighted by atomic mass is 9.99. The molecule has 6 nitrogen and oxygen atoms in total. The highest BCUT2D eigenvalue weighted by molar-refractivity contribution is 5.92. The fraction of sp³-hybridized carbons (Fsp3) is 0.412. The number of likely N-dealkylation sites (tertiary alicyclic amines) is 1. The van der Waals surface area contributed by atoms with Crippen molar-refractivity contribution in [2.24, 2.45) is 5.92 Å². The maximum Gasteiger partial charge on any atom is 0.272 e. The van der Waals surface area contributed by atoms with Crippen LogP contribution >= 0.6 is 0 Å². The van der Waals surface area contributed by atoms with Crippen molar-refractivity contribution < 1.29 is 4.79 Å². The summed E-state index contributed by atoms with van der Waals surface area (Å²) in [6, 6.07) is 8.77. The van der Waals surface area contributed by atoms with Gasteiger partial charge in [0.25, 0.3) is 11.5 Å². The van der Waals surface area contributed by atoms with E-state index >= 15 is 0 Å². The largest absolute Gasteiger partial charge is 0.336 e. The van der Waals surface area contributed by atoms with Crippen molar-refractivity contribution in [3.8, 4) is 0 Å².